The highest BCUT2D eigenvalue weighted by molar-refractivity contribution is 5.75. The number of nitrogens with zero attached hydrogens (tertiary/aromatic N) is 4. The Bertz CT molecular complexity index is 802. The average molecular weight is 307 g/mol. The number of fused-ring (bicyclic) bond motifs is 1. The number of rotatable bonds is 3. The molecule has 0 bridgehead atoms. The maximum absolute atomic E-state index is 4.28. The Morgan fingerprint density at radius 3 is 2.83 bits per heavy atom. The van der Waals surface area contributed by atoms with Gasteiger partial charge >= 0.3 is 0 Å². The number of H-pyrrole nitrogens is 1. The summed E-state index contributed by atoms with van der Waals surface area (Å²) in [6, 6.07) is 8.61. The molecule has 4 rings (SSSR count). The van der Waals surface area contributed by atoms with E-state index in [4.69, 9.17) is 0 Å². The van der Waals surface area contributed by atoms with Crippen molar-refractivity contribution in [2.45, 2.75) is 13.5 Å². The molecule has 1 aromatic carbocycles. The monoisotopic (exact) mass is 307 g/mol. The van der Waals surface area contributed by atoms with Gasteiger partial charge in [-0.25, -0.2) is 4.98 Å². The third-order valence-electron chi connectivity index (χ3n) is 4.59. The normalized spacial score (nSPS) is 16.1. The van der Waals surface area contributed by atoms with E-state index in [1.165, 1.54) is 16.8 Å². The van der Waals surface area contributed by atoms with Crippen molar-refractivity contribution >= 4 is 16.7 Å². The molecule has 1 fully saturated rings. The second-order valence-corrected chi connectivity index (χ2v) is 6.18. The number of nitrogens with one attached hydrogen (secondary N) is 1. The summed E-state index contributed by atoms with van der Waals surface area (Å²) in [5, 5.41) is 0. The molecule has 5 heteroatoms. The highest BCUT2D eigenvalue weighted by Gasteiger charge is 2.18. The first kappa shape index (κ1) is 14.2. The standard InChI is InChI=1S/C18H21N5/c1-14-11-19-5-4-18(14)23-8-6-22(7-9-23)12-15-2-3-16-17(10-15)21-13-20-16/h2-5,10-11,13H,6-9,12H2,1H3,(H,20,21). The Labute approximate surface area is 136 Å². The van der Waals surface area contributed by atoms with E-state index in [-0.39, 0.29) is 0 Å². The summed E-state index contributed by atoms with van der Waals surface area (Å²) in [5.41, 5.74) is 6.07. The molecule has 3 aromatic rings. The molecule has 118 valence electrons. The van der Waals surface area contributed by atoms with Crippen LogP contribution in [0.3, 0.4) is 0 Å². The van der Waals surface area contributed by atoms with Gasteiger partial charge in [0.15, 0.2) is 0 Å². The van der Waals surface area contributed by atoms with Crippen LogP contribution in [-0.4, -0.2) is 46.0 Å². The summed E-state index contributed by atoms with van der Waals surface area (Å²) < 4.78 is 0. The second kappa shape index (κ2) is 6.01. The Morgan fingerprint density at radius 1 is 1.13 bits per heavy atom. The third kappa shape index (κ3) is 2.92. The van der Waals surface area contributed by atoms with E-state index in [2.05, 4.69) is 55.9 Å². The number of imidazole rings is 1. The molecule has 23 heavy (non-hydrogen) atoms. The number of aromatic nitrogens is 3. The smallest absolute Gasteiger partial charge is 0.0931 e. The van der Waals surface area contributed by atoms with E-state index in [0.717, 1.165) is 43.8 Å². The van der Waals surface area contributed by atoms with Gasteiger partial charge < -0.3 is 9.88 Å². The molecule has 0 saturated carbocycles. The van der Waals surface area contributed by atoms with Crippen LogP contribution in [-0.2, 0) is 6.54 Å². The molecule has 1 aliphatic heterocycles. The van der Waals surface area contributed by atoms with Crippen LogP contribution in [0.2, 0.25) is 0 Å². The van der Waals surface area contributed by atoms with Crippen molar-refractivity contribution < 1.29 is 0 Å². The molecular formula is C18H21N5. The Balaban J connectivity index is 1.40. The summed E-state index contributed by atoms with van der Waals surface area (Å²) in [6.07, 6.45) is 5.58. The van der Waals surface area contributed by atoms with Gasteiger partial charge in [0.05, 0.1) is 17.4 Å². The Morgan fingerprint density at radius 2 is 2.00 bits per heavy atom. The minimum absolute atomic E-state index is 0.998. The number of aryl methyl sites for hydroxylation is 1. The van der Waals surface area contributed by atoms with Gasteiger partial charge in [0.1, 0.15) is 0 Å². The lowest BCUT2D eigenvalue weighted by molar-refractivity contribution is 0.250. The predicted molar refractivity (Wildman–Crippen MR) is 92.6 cm³/mol. The lowest BCUT2D eigenvalue weighted by Gasteiger charge is -2.36. The van der Waals surface area contributed by atoms with Crippen molar-refractivity contribution in [3.8, 4) is 0 Å². The average Bonchev–Trinajstić information content (AvgIpc) is 3.04. The SMILES string of the molecule is Cc1cnccc1N1CCN(Cc2ccc3nc[nH]c3c2)CC1. The summed E-state index contributed by atoms with van der Waals surface area (Å²) in [4.78, 5) is 16.6. The van der Waals surface area contributed by atoms with Crippen LogP contribution in [0, 0.1) is 6.92 Å². The van der Waals surface area contributed by atoms with E-state index in [9.17, 15) is 0 Å². The van der Waals surface area contributed by atoms with Crippen LogP contribution in [0.15, 0.2) is 43.0 Å². The van der Waals surface area contributed by atoms with E-state index >= 15 is 0 Å². The maximum atomic E-state index is 4.28. The van der Waals surface area contributed by atoms with Gasteiger partial charge in [-0.05, 0) is 36.2 Å². The number of hydrogen-bond acceptors (Lipinski definition) is 4. The van der Waals surface area contributed by atoms with Crippen LogP contribution < -0.4 is 4.90 Å². The van der Waals surface area contributed by atoms with Crippen molar-refractivity contribution in [3.63, 3.8) is 0 Å². The minimum Gasteiger partial charge on any atom is -0.369 e. The van der Waals surface area contributed by atoms with E-state index < -0.39 is 0 Å². The van der Waals surface area contributed by atoms with E-state index in [0.29, 0.717) is 0 Å². The molecular weight excluding hydrogens is 286 g/mol. The zero-order valence-corrected chi connectivity index (χ0v) is 13.4. The first-order chi connectivity index (χ1) is 11.3. The van der Waals surface area contributed by atoms with Gasteiger partial charge in [0.2, 0.25) is 0 Å². The van der Waals surface area contributed by atoms with Crippen molar-refractivity contribution in [1.82, 2.24) is 19.9 Å². The summed E-state index contributed by atoms with van der Waals surface area (Å²) in [7, 11) is 0. The van der Waals surface area contributed by atoms with Gasteiger partial charge in [0.25, 0.3) is 0 Å². The largest absolute Gasteiger partial charge is 0.369 e. The summed E-state index contributed by atoms with van der Waals surface area (Å²) in [6.45, 7) is 7.44. The van der Waals surface area contributed by atoms with Crippen LogP contribution in [0.1, 0.15) is 11.1 Å². The fourth-order valence-electron chi connectivity index (χ4n) is 3.31. The molecule has 5 nitrogen and oxygen atoms in total. The summed E-state index contributed by atoms with van der Waals surface area (Å²) >= 11 is 0. The van der Waals surface area contributed by atoms with Crippen molar-refractivity contribution in [2.75, 3.05) is 31.1 Å². The van der Waals surface area contributed by atoms with E-state index in [1.807, 2.05) is 12.4 Å². The topological polar surface area (TPSA) is 48.1 Å². The first-order valence-corrected chi connectivity index (χ1v) is 8.09. The fraction of sp³-hybridized carbons (Fsp3) is 0.333. The van der Waals surface area contributed by atoms with E-state index in [1.54, 1.807) is 6.33 Å². The van der Waals surface area contributed by atoms with Crippen LogP contribution in [0.5, 0.6) is 0 Å². The molecule has 0 unspecified atom stereocenters. The van der Waals surface area contributed by atoms with Crippen molar-refractivity contribution in [2.24, 2.45) is 0 Å². The summed E-state index contributed by atoms with van der Waals surface area (Å²) in [5.74, 6) is 0. The Hall–Kier alpha value is -2.40. The second-order valence-electron chi connectivity index (χ2n) is 6.18. The lowest BCUT2D eigenvalue weighted by atomic mass is 10.1. The van der Waals surface area contributed by atoms with Crippen LogP contribution in [0.4, 0.5) is 5.69 Å². The van der Waals surface area contributed by atoms with Crippen molar-refractivity contribution in [1.29, 1.82) is 0 Å². The highest BCUT2D eigenvalue weighted by atomic mass is 15.3. The number of hydrogen-bond donors (Lipinski definition) is 1. The van der Waals surface area contributed by atoms with Gasteiger partial charge in [-0.3, -0.25) is 9.88 Å². The van der Waals surface area contributed by atoms with Crippen LogP contribution in [0.25, 0.3) is 11.0 Å². The first-order valence-electron chi connectivity index (χ1n) is 8.09. The highest BCUT2D eigenvalue weighted by Crippen LogP contribution is 2.21. The molecule has 1 N–H and O–H groups in total. The molecule has 1 saturated heterocycles. The van der Waals surface area contributed by atoms with Gasteiger partial charge in [-0.15, -0.1) is 0 Å². The number of piperazine rings is 1. The zero-order chi connectivity index (χ0) is 15.6. The Kier molecular flexibility index (Phi) is 3.71. The fourth-order valence-corrected chi connectivity index (χ4v) is 3.31. The molecule has 2 aromatic heterocycles. The molecule has 0 radical (unpaired) electrons. The van der Waals surface area contributed by atoms with Gasteiger partial charge in [-0.2, -0.15) is 0 Å². The van der Waals surface area contributed by atoms with Gasteiger partial charge in [-0.1, -0.05) is 6.07 Å². The molecule has 0 aliphatic carbocycles. The molecule has 3 heterocycles. The lowest BCUT2D eigenvalue weighted by Crippen LogP contribution is -2.46. The number of anilines is 1. The van der Waals surface area contributed by atoms with Crippen LogP contribution >= 0.6 is 0 Å². The molecule has 0 amide bonds. The quantitative estimate of drug-likeness (QED) is 0.808. The zero-order valence-electron chi connectivity index (χ0n) is 13.4. The van der Waals surface area contributed by atoms with Crippen molar-refractivity contribution in [3.05, 3.63) is 54.1 Å². The molecule has 0 atom stereocenters. The third-order valence-corrected chi connectivity index (χ3v) is 4.59. The predicted octanol–water partition coefficient (Wildman–Crippen LogP) is 2.59. The number of aromatic amines is 1. The number of pyridine rings is 1. The molecule has 1 aliphatic rings. The van der Waals surface area contributed by atoms with Gasteiger partial charge in [0, 0.05) is 50.8 Å². The minimum atomic E-state index is 0.998. The molecule has 0 spiro atoms. The maximum Gasteiger partial charge on any atom is 0.0931 e. The number of benzene rings is 1.